The second kappa shape index (κ2) is 9.64. The SMILES string of the molecule is COc1ccc2cc(C(C)C(=O)NC(CN)CC(C)C)ccc2c1.Cl. The van der Waals surface area contributed by atoms with Gasteiger partial charge in [0.15, 0.2) is 0 Å². The Balaban J connectivity index is 0.00000312. The molecule has 0 heterocycles. The van der Waals surface area contributed by atoms with Crippen LogP contribution in [0.3, 0.4) is 0 Å². The third-order valence-electron chi connectivity index (χ3n) is 4.35. The van der Waals surface area contributed by atoms with Crippen molar-refractivity contribution in [2.24, 2.45) is 11.7 Å². The van der Waals surface area contributed by atoms with E-state index in [0.29, 0.717) is 12.5 Å². The first-order valence-corrected chi connectivity index (χ1v) is 8.52. The zero-order valence-electron chi connectivity index (χ0n) is 15.4. The molecule has 0 radical (unpaired) electrons. The summed E-state index contributed by atoms with van der Waals surface area (Å²) in [6.07, 6.45) is 0.895. The fourth-order valence-corrected chi connectivity index (χ4v) is 2.90. The van der Waals surface area contributed by atoms with Crippen molar-refractivity contribution >= 4 is 29.1 Å². The third kappa shape index (κ3) is 5.62. The molecule has 0 aromatic heterocycles. The Bertz CT molecular complexity index is 703. The molecule has 25 heavy (non-hydrogen) atoms. The molecule has 0 aliphatic heterocycles. The second-order valence-electron chi connectivity index (χ2n) is 6.76. The maximum atomic E-state index is 12.5. The average Bonchev–Trinajstić information content (AvgIpc) is 2.58. The number of nitrogens with one attached hydrogen (secondary N) is 1. The molecule has 2 aromatic carbocycles. The monoisotopic (exact) mass is 364 g/mol. The lowest BCUT2D eigenvalue weighted by atomic mass is 9.96. The Labute approximate surface area is 156 Å². The molecule has 0 aliphatic carbocycles. The fraction of sp³-hybridized carbons (Fsp3) is 0.450. The number of ether oxygens (including phenoxy) is 1. The van der Waals surface area contributed by atoms with Crippen molar-refractivity contribution in [2.45, 2.75) is 39.2 Å². The van der Waals surface area contributed by atoms with Gasteiger partial charge in [0, 0.05) is 12.6 Å². The van der Waals surface area contributed by atoms with E-state index in [1.165, 1.54) is 0 Å². The molecule has 0 saturated heterocycles. The molecule has 0 fully saturated rings. The first-order valence-electron chi connectivity index (χ1n) is 8.52. The fourth-order valence-electron chi connectivity index (χ4n) is 2.90. The Morgan fingerprint density at radius 2 is 1.76 bits per heavy atom. The average molecular weight is 365 g/mol. The molecule has 2 rings (SSSR count). The van der Waals surface area contributed by atoms with Crippen LogP contribution in [0.2, 0.25) is 0 Å². The smallest absolute Gasteiger partial charge is 0.227 e. The van der Waals surface area contributed by atoms with Gasteiger partial charge in [-0.15, -0.1) is 12.4 Å². The molecule has 2 atom stereocenters. The van der Waals surface area contributed by atoms with Crippen molar-refractivity contribution in [3.05, 3.63) is 42.0 Å². The highest BCUT2D eigenvalue weighted by Gasteiger charge is 2.19. The van der Waals surface area contributed by atoms with Gasteiger partial charge in [0.25, 0.3) is 0 Å². The number of fused-ring (bicyclic) bond motifs is 1. The number of hydrogen-bond donors (Lipinski definition) is 2. The van der Waals surface area contributed by atoms with E-state index in [1.807, 2.05) is 37.3 Å². The van der Waals surface area contributed by atoms with Crippen molar-refractivity contribution < 1.29 is 9.53 Å². The van der Waals surface area contributed by atoms with Crippen LogP contribution in [0.5, 0.6) is 5.75 Å². The highest BCUT2D eigenvalue weighted by molar-refractivity contribution is 5.88. The van der Waals surface area contributed by atoms with Gasteiger partial charge in [-0.05, 0) is 47.7 Å². The summed E-state index contributed by atoms with van der Waals surface area (Å²) < 4.78 is 5.25. The highest BCUT2D eigenvalue weighted by Crippen LogP contribution is 2.25. The molecule has 1 amide bonds. The van der Waals surface area contributed by atoms with E-state index >= 15 is 0 Å². The van der Waals surface area contributed by atoms with Gasteiger partial charge in [0.1, 0.15) is 5.75 Å². The number of halogens is 1. The van der Waals surface area contributed by atoms with Crippen LogP contribution in [-0.2, 0) is 4.79 Å². The highest BCUT2D eigenvalue weighted by atomic mass is 35.5. The van der Waals surface area contributed by atoms with E-state index in [9.17, 15) is 4.79 Å². The maximum Gasteiger partial charge on any atom is 0.227 e. The number of carbonyl (C=O) groups excluding carboxylic acids is 1. The van der Waals surface area contributed by atoms with Crippen LogP contribution in [0.25, 0.3) is 10.8 Å². The lowest BCUT2D eigenvalue weighted by Crippen LogP contribution is -2.42. The van der Waals surface area contributed by atoms with E-state index in [1.54, 1.807) is 7.11 Å². The minimum Gasteiger partial charge on any atom is -0.497 e. The van der Waals surface area contributed by atoms with Gasteiger partial charge in [-0.1, -0.05) is 38.1 Å². The molecule has 0 spiro atoms. The van der Waals surface area contributed by atoms with E-state index in [-0.39, 0.29) is 30.3 Å². The minimum absolute atomic E-state index is 0. The van der Waals surface area contributed by atoms with Crippen LogP contribution in [-0.4, -0.2) is 25.6 Å². The summed E-state index contributed by atoms with van der Waals surface area (Å²) in [5, 5.41) is 5.28. The van der Waals surface area contributed by atoms with Crippen LogP contribution in [0, 0.1) is 5.92 Å². The number of methoxy groups -OCH3 is 1. The Morgan fingerprint density at radius 3 is 2.36 bits per heavy atom. The zero-order valence-corrected chi connectivity index (χ0v) is 16.2. The lowest BCUT2D eigenvalue weighted by molar-refractivity contribution is -0.122. The summed E-state index contributed by atoms with van der Waals surface area (Å²) in [7, 11) is 1.66. The molecule has 2 aromatic rings. The summed E-state index contributed by atoms with van der Waals surface area (Å²) >= 11 is 0. The number of benzene rings is 2. The Morgan fingerprint density at radius 1 is 1.12 bits per heavy atom. The second-order valence-corrected chi connectivity index (χ2v) is 6.76. The van der Waals surface area contributed by atoms with Crippen LogP contribution in [0.1, 0.15) is 38.7 Å². The number of carbonyl (C=O) groups is 1. The maximum absolute atomic E-state index is 12.5. The quantitative estimate of drug-likeness (QED) is 0.784. The van der Waals surface area contributed by atoms with Crippen LogP contribution < -0.4 is 15.8 Å². The topological polar surface area (TPSA) is 64.3 Å². The van der Waals surface area contributed by atoms with Crippen LogP contribution >= 0.6 is 12.4 Å². The molecule has 3 N–H and O–H groups in total. The van der Waals surface area contributed by atoms with Crippen molar-refractivity contribution in [2.75, 3.05) is 13.7 Å². The summed E-state index contributed by atoms with van der Waals surface area (Å²) in [6, 6.07) is 12.1. The minimum atomic E-state index is -0.210. The first kappa shape index (κ1) is 21.3. The molecule has 0 saturated carbocycles. The van der Waals surface area contributed by atoms with Gasteiger partial charge in [-0.25, -0.2) is 0 Å². The first-order chi connectivity index (χ1) is 11.4. The van der Waals surface area contributed by atoms with E-state index in [4.69, 9.17) is 10.5 Å². The van der Waals surface area contributed by atoms with E-state index in [0.717, 1.165) is 28.5 Å². The molecular formula is C20H29ClN2O2. The molecule has 0 aliphatic rings. The normalized spacial score (nSPS) is 13.2. The standard InChI is InChI=1S/C20H28N2O2.ClH/c1-13(2)9-18(12-21)22-20(23)14(3)15-5-6-17-11-19(24-4)8-7-16(17)10-15;/h5-8,10-11,13-14,18H,9,12,21H2,1-4H3,(H,22,23);1H. The van der Waals surface area contributed by atoms with Crippen LogP contribution in [0.4, 0.5) is 0 Å². The lowest BCUT2D eigenvalue weighted by Gasteiger charge is -2.21. The summed E-state index contributed by atoms with van der Waals surface area (Å²) in [4.78, 5) is 12.5. The summed E-state index contributed by atoms with van der Waals surface area (Å²) in [5.41, 5.74) is 6.79. The largest absolute Gasteiger partial charge is 0.497 e. The molecule has 2 unspecified atom stereocenters. The molecular weight excluding hydrogens is 336 g/mol. The number of hydrogen-bond acceptors (Lipinski definition) is 3. The van der Waals surface area contributed by atoms with Gasteiger partial charge in [0.05, 0.1) is 13.0 Å². The molecule has 138 valence electrons. The van der Waals surface area contributed by atoms with Crippen molar-refractivity contribution in [3.63, 3.8) is 0 Å². The number of rotatable bonds is 7. The van der Waals surface area contributed by atoms with Gasteiger partial charge >= 0.3 is 0 Å². The van der Waals surface area contributed by atoms with Gasteiger partial charge in [-0.3, -0.25) is 4.79 Å². The predicted octanol–water partition coefficient (Wildman–Crippen LogP) is 3.86. The van der Waals surface area contributed by atoms with Crippen molar-refractivity contribution in [3.8, 4) is 5.75 Å². The molecule has 4 nitrogen and oxygen atoms in total. The van der Waals surface area contributed by atoms with E-state index in [2.05, 4.69) is 25.2 Å². The Hall–Kier alpha value is -1.78. The van der Waals surface area contributed by atoms with Gasteiger partial charge in [-0.2, -0.15) is 0 Å². The van der Waals surface area contributed by atoms with Crippen molar-refractivity contribution in [1.29, 1.82) is 0 Å². The summed E-state index contributed by atoms with van der Waals surface area (Å²) in [6.45, 7) is 6.67. The van der Waals surface area contributed by atoms with E-state index < -0.39 is 0 Å². The number of amides is 1. The summed E-state index contributed by atoms with van der Waals surface area (Å²) in [5.74, 6) is 1.15. The van der Waals surface area contributed by atoms with Crippen LogP contribution in [0.15, 0.2) is 36.4 Å². The Kier molecular flexibility index (Phi) is 8.20. The number of nitrogens with two attached hydrogens (primary N) is 1. The third-order valence-corrected chi connectivity index (χ3v) is 4.35. The van der Waals surface area contributed by atoms with Crippen molar-refractivity contribution in [1.82, 2.24) is 5.32 Å². The molecule has 5 heteroatoms. The predicted molar refractivity (Wildman–Crippen MR) is 107 cm³/mol. The molecule has 0 bridgehead atoms. The van der Waals surface area contributed by atoms with Gasteiger partial charge < -0.3 is 15.8 Å². The zero-order chi connectivity index (χ0) is 17.7. The van der Waals surface area contributed by atoms with Gasteiger partial charge in [0.2, 0.25) is 5.91 Å².